The number of aryl methyl sites for hydroxylation is 1. The summed E-state index contributed by atoms with van der Waals surface area (Å²) in [4.78, 5) is 12.2. The van der Waals surface area contributed by atoms with Crippen molar-refractivity contribution >= 4 is 55.0 Å². The van der Waals surface area contributed by atoms with Gasteiger partial charge in [0.05, 0.1) is 10.6 Å². The van der Waals surface area contributed by atoms with E-state index in [0.29, 0.717) is 11.4 Å². The molecule has 0 atom stereocenters. The summed E-state index contributed by atoms with van der Waals surface area (Å²) in [5.74, 6) is -0.253. The molecule has 0 spiro atoms. The Balaban J connectivity index is 2.37. The van der Waals surface area contributed by atoms with Crippen molar-refractivity contribution in [1.29, 1.82) is 0 Å². The summed E-state index contributed by atoms with van der Waals surface area (Å²) in [5, 5.41) is 2.66. The molecule has 1 amide bonds. The fourth-order valence-corrected chi connectivity index (χ4v) is 3.92. The second-order valence-electron chi connectivity index (χ2n) is 5.11. The summed E-state index contributed by atoms with van der Waals surface area (Å²) in [5.41, 5.74) is 1.88. The minimum absolute atomic E-state index is 0.0876. The lowest BCUT2D eigenvalue weighted by Crippen LogP contribution is -2.14. The van der Waals surface area contributed by atoms with Crippen LogP contribution in [-0.2, 0) is 14.8 Å². The van der Waals surface area contributed by atoms with Gasteiger partial charge in [0.25, 0.3) is 10.0 Å². The topological polar surface area (TPSA) is 75.3 Å². The molecule has 8 heteroatoms. The van der Waals surface area contributed by atoms with Gasteiger partial charge in [-0.15, -0.1) is 11.8 Å². The first-order chi connectivity index (χ1) is 11.2. The van der Waals surface area contributed by atoms with E-state index < -0.39 is 10.0 Å². The van der Waals surface area contributed by atoms with Crippen LogP contribution in [0.1, 0.15) is 12.5 Å². The van der Waals surface area contributed by atoms with Gasteiger partial charge in [-0.25, -0.2) is 8.42 Å². The fraction of sp³-hybridized carbons (Fsp3) is 0.188. The third kappa shape index (κ3) is 4.52. The maximum atomic E-state index is 12.6. The Labute approximate surface area is 154 Å². The molecule has 0 bridgehead atoms. The van der Waals surface area contributed by atoms with E-state index in [-0.39, 0.29) is 10.8 Å². The van der Waals surface area contributed by atoms with E-state index in [1.54, 1.807) is 24.3 Å². The number of hydrogen-bond donors (Lipinski definition) is 2. The van der Waals surface area contributed by atoms with Crippen LogP contribution in [0.15, 0.2) is 50.7 Å². The summed E-state index contributed by atoms with van der Waals surface area (Å²) in [7, 11) is -3.75. The van der Waals surface area contributed by atoms with Crippen molar-refractivity contribution in [2.75, 3.05) is 16.3 Å². The van der Waals surface area contributed by atoms with E-state index in [4.69, 9.17) is 0 Å². The maximum absolute atomic E-state index is 12.6. The van der Waals surface area contributed by atoms with Crippen LogP contribution >= 0.6 is 27.7 Å². The van der Waals surface area contributed by atoms with Gasteiger partial charge in [0.2, 0.25) is 5.91 Å². The number of halogens is 1. The van der Waals surface area contributed by atoms with Crippen molar-refractivity contribution in [1.82, 2.24) is 0 Å². The van der Waals surface area contributed by atoms with Crippen LogP contribution in [0.3, 0.4) is 0 Å². The Kier molecular flexibility index (Phi) is 5.95. The third-order valence-corrected chi connectivity index (χ3v) is 6.27. The maximum Gasteiger partial charge on any atom is 0.261 e. The minimum Gasteiger partial charge on any atom is -0.325 e. The smallest absolute Gasteiger partial charge is 0.261 e. The number of anilines is 2. The number of rotatable bonds is 5. The molecular formula is C16H17BrN2O3S2. The molecule has 0 aliphatic rings. The first-order valence-electron chi connectivity index (χ1n) is 6.97. The quantitative estimate of drug-likeness (QED) is 0.698. The molecule has 0 heterocycles. The Bertz CT molecular complexity index is 883. The van der Waals surface area contributed by atoms with Crippen LogP contribution in [0.5, 0.6) is 0 Å². The molecule has 0 aliphatic carbocycles. The number of benzene rings is 2. The molecule has 2 aromatic rings. The number of amides is 1. The van der Waals surface area contributed by atoms with Gasteiger partial charge in [-0.2, -0.15) is 0 Å². The van der Waals surface area contributed by atoms with Gasteiger partial charge in [-0.3, -0.25) is 9.52 Å². The molecule has 128 valence electrons. The Morgan fingerprint density at radius 3 is 2.46 bits per heavy atom. The lowest BCUT2D eigenvalue weighted by atomic mass is 10.2. The monoisotopic (exact) mass is 428 g/mol. The predicted octanol–water partition coefficient (Wildman–Crippen LogP) is 4.24. The molecule has 0 aromatic heterocycles. The highest BCUT2D eigenvalue weighted by atomic mass is 79.9. The minimum atomic E-state index is -3.75. The molecule has 2 aromatic carbocycles. The molecule has 2 N–H and O–H groups in total. The van der Waals surface area contributed by atoms with E-state index in [0.717, 1.165) is 14.9 Å². The van der Waals surface area contributed by atoms with Crippen molar-refractivity contribution in [2.24, 2.45) is 0 Å². The Morgan fingerprint density at radius 2 is 1.88 bits per heavy atom. The Morgan fingerprint density at radius 1 is 1.17 bits per heavy atom. The van der Waals surface area contributed by atoms with Crippen molar-refractivity contribution in [2.45, 2.75) is 23.6 Å². The third-order valence-electron chi connectivity index (χ3n) is 3.20. The molecule has 5 nitrogen and oxygen atoms in total. The van der Waals surface area contributed by atoms with E-state index in [9.17, 15) is 13.2 Å². The molecule has 0 aliphatic heterocycles. The van der Waals surface area contributed by atoms with E-state index in [2.05, 4.69) is 26.0 Å². The number of thioether (sulfide) groups is 1. The van der Waals surface area contributed by atoms with Crippen molar-refractivity contribution in [3.63, 3.8) is 0 Å². The lowest BCUT2D eigenvalue weighted by molar-refractivity contribution is -0.114. The first-order valence-corrected chi connectivity index (χ1v) is 10.5. The predicted molar refractivity (Wildman–Crippen MR) is 102 cm³/mol. The van der Waals surface area contributed by atoms with Gasteiger partial charge in [-0.1, -0.05) is 15.9 Å². The van der Waals surface area contributed by atoms with Crippen LogP contribution < -0.4 is 10.0 Å². The number of carbonyl (C=O) groups is 1. The van der Waals surface area contributed by atoms with Gasteiger partial charge >= 0.3 is 0 Å². The summed E-state index contributed by atoms with van der Waals surface area (Å²) < 4.78 is 28.6. The molecular weight excluding hydrogens is 412 g/mol. The van der Waals surface area contributed by atoms with Crippen LogP contribution in [0.2, 0.25) is 0 Å². The fourth-order valence-electron chi connectivity index (χ4n) is 2.06. The molecule has 0 fully saturated rings. The van der Waals surface area contributed by atoms with Crippen LogP contribution in [-0.4, -0.2) is 20.6 Å². The van der Waals surface area contributed by atoms with Gasteiger partial charge < -0.3 is 5.32 Å². The summed E-state index contributed by atoms with van der Waals surface area (Å²) in [6, 6.07) is 9.86. The van der Waals surface area contributed by atoms with E-state index >= 15 is 0 Å². The summed E-state index contributed by atoms with van der Waals surface area (Å²) in [6.07, 6.45) is 1.86. The highest BCUT2D eigenvalue weighted by Crippen LogP contribution is 2.29. The van der Waals surface area contributed by atoms with Gasteiger partial charge in [-0.05, 0) is 55.1 Å². The van der Waals surface area contributed by atoms with E-state index in [1.807, 2.05) is 13.2 Å². The van der Waals surface area contributed by atoms with Gasteiger partial charge in [0, 0.05) is 22.0 Å². The molecule has 0 unspecified atom stereocenters. The highest BCUT2D eigenvalue weighted by Gasteiger charge is 2.17. The SMILES string of the molecule is CSc1ccc(S(=O)(=O)Nc2ccc(Br)c(C)c2)cc1NC(C)=O. The molecule has 0 saturated heterocycles. The van der Waals surface area contributed by atoms with Gasteiger partial charge in [0.15, 0.2) is 0 Å². The second-order valence-corrected chi connectivity index (χ2v) is 8.50. The normalized spacial score (nSPS) is 11.2. The van der Waals surface area contributed by atoms with Crippen molar-refractivity contribution in [3.8, 4) is 0 Å². The Hall–Kier alpha value is -1.51. The number of sulfonamides is 1. The average Bonchev–Trinajstić information content (AvgIpc) is 2.50. The number of hydrogen-bond acceptors (Lipinski definition) is 4. The lowest BCUT2D eigenvalue weighted by Gasteiger charge is -2.13. The summed E-state index contributed by atoms with van der Waals surface area (Å²) >= 11 is 4.81. The average molecular weight is 429 g/mol. The van der Waals surface area contributed by atoms with Crippen LogP contribution in [0.4, 0.5) is 11.4 Å². The number of nitrogens with one attached hydrogen (secondary N) is 2. The van der Waals surface area contributed by atoms with Crippen LogP contribution in [0.25, 0.3) is 0 Å². The zero-order valence-corrected chi connectivity index (χ0v) is 16.6. The molecule has 0 radical (unpaired) electrons. The standard InChI is InChI=1S/C16H17BrN2O3S2/c1-10-8-12(4-6-14(10)17)19-24(21,22)13-5-7-16(23-3)15(9-13)18-11(2)20/h4-9,19H,1-3H3,(H,18,20). The largest absolute Gasteiger partial charge is 0.325 e. The first kappa shape index (κ1) is 18.8. The zero-order valence-electron chi connectivity index (χ0n) is 13.4. The molecule has 24 heavy (non-hydrogen) atoms. The van der Waals surface area contributed by atoms with Crippen LogP contribution in [0, 0.1) is 6.92 Å². The zero-order chi connectivity index (χ0) is 17.9. The molecule has 0 saturated carbocycles. The number of carbonyl (C=O) groups excluding carboxylic acids is 1. The molecule has 2 rings (SSSR count). The second kappa shape index (κ2) is 7.58. The van der Waals surface area contributed by atoms with Crippen molar-refractivity contribution in [3.05, 3.63) is 46.4 Å². The highest BCUT2D eigenvalue weighted by molar-refractivity contribution is 9.10. The van der Waals surface area contributed by atoms with Gasteiger partial charge in [0.1, 0.15) is 0 Å². The van der Waals surface area contributed by atoms with Crippen molar-refractivity contribution < 1.29 is 13.2 Å². The van der Waals surface area contributed by atoms with E-state index in [1.165, 1.54) is 30.8 Å². The summed E-state index contributed by atoms with van der Waals surface area (Å²) in [6.45, 7) is 3.26.